The van der Waals surface area contributed by atoms with Gasteiger partial charge in [0.1, 0.15) is 5.76 Å². The number of likely N-dealkylation sites (tertiary alicyclic amines) is 1. The predicted octanol–water partition coefficient (Wildman–Crippen LogP) is 3.55. The highest BCUT2D eigenvalue weighted by atomic mass is 32.1. The van der Waals surface area contributed by atoms with Crippen molar-refractivity contribution in [2.45, 2.75) is 46.1 Å². The average Bonchev–Trinajstić information content (AvgIpc) is 3.18. The van der Waals surface area contributed by atoms with E-state index in [2.05, 4.69) is 42.3 Å². The van der Waals surface area contributed by atoms with Crippen molar-refractivity contribution in [2.75, 3.05) is 31.5 Å². The molecule has 1 aromatic heterocycles. The Hall–Kier alpha value is -1.85. The van der Waals surface area contributed by atoms with E-state index in [4.69, 9.17) is 16.6 Å². The highest BCUT2D eigenvalue weighted by molar-refractivity contribution is 7.80. The molecule has 2 aromatic rings. The van der Waals surface area contributed by atoms with Crippen LogP contribution in [-0.2, 0) is 6.54 Å². The van der Waals surface area contributed by atoms with Gasteiger partial charge in [0.2, 0.25) is 0 Å². The standard InChI is InChI=1S/C22H31N3OS/c1-18-9-6-10-19(2)21(18)23-22(27)25(17-20-11-7-16-26-20)15-8-14-24-12-4-3-5-13-24/h6-7,9-11,16H,3-5,8,12-15,17H2,1-2H3,(H,23,27)/p+1. The number of piperidine rings is 1. The Morgan fingerprint density at radius 3 is 2.52 bits per heavy atom. The third kappa shape index (κ3) is 5.81. The van der Waals surface area contributed by atoms with Gasteiger partial charge < -0.3 is 19.5 Å². The SMILES string of the molecule is Cc1cccc(C)c1NC(=S)N(CCC[NH+]1CCCCC1)Cc1ccco1. The normalized spacial score (nSPS) is 14.9. The second-order valence-corrected chi connectivity index (χ2v) is 8.00. The number of furan rings is 1. The molecule has 4 nitrogen and oxygen atoms in total. The number of thiocarbonyl (C=S) groups is 1. The zero-order valence-electron chi connectivity index (χ0n) is 16.6. The van der Waals surface area contributed by atoms with Gasteiger partial charge in [-0.1, -0.05) is 18.2 Å². The maximum Gasteiger partial charge on any atom is 0.173 e. The lowest BCUT2D eigenvalue weighted by Crippen LogP contribution is -3.12. The van der Waals surface area contributed by atoms with E-state index in [1.807, 2.05) is 12.1 Å². The Morgan fingerprint density at radius 1 is 1.11 bits per heavy atom. The quantitative estimate of drug-likeness (QED) is 0.713. The lowest BCUT2D eigenvalue weighted by atomic mass is 10.1. The Labute approximate surface area is 168 Å². The number of aryl methyl sites for hydroxylation is 2. The van der Waals surface area contributed by atoms with Crippen LogP contribution in [0, 0.1) is 13.8 Å². The first-order valence-electron chi connectivity index (χ1n) is 10.1. The van der Waals surface area contributed by atoms with E-state index in [0.717, 1.165) is 29.5 Å². The molecule has 2 N–H and O–H groups in total. The summed E-state index contributed by atoms with van der Waals surface area (Å²) in [6, 6.07) is 10.3. The predicted molar refractivity (Wildman–Crippen MR) is 115 cm³/mol. The van der Waals surface area contributed by atoms with Crippen molar-refractivity contribution in [3.8, 4) is 0 Å². The third-order valence-electron chi connectivity index (χ3n) is 5.45. The van der Waals surface area contributed by atoms with Gasteiger partial charge in [0, 0.05) is 18.7 Å². The summed E-state index contributed by atoms with van der Waals surface area (Å²) in [7, 11) is 0. The molecule has 0 saturated carbocycles. The summed E-state index contributed by atoms with van der Waals surface area (Å²) in [5, 5.41) is 4.26. The molecule has 1 fully saturated rings. The minimum atomic E-state index is 0.707. The molecule has 0 amide bonds. The lowest BCUT2D eigenvalue weighted by Gasteiger charge is -2.28. The van der Waals surface area contributed by atoms with Crippen LogP contribution in [0.1, 0.15) is 42.6 Å². The van der Waals surface area contributed by atoms with E-state index in [9.17, 15) is 0 Å². The fourth-order valence-electron chi connectivity index (χ4n) is 3.86. The summed E-state index contributed by atoms with van der Waals surface area (Å²) < 4.78 is 5.57. The van der Waals surface area contributed by atoms with Crippen molar-refractivity contribution in [1.29, 1.82) is 0 Å². The number of para-hydroxylation sites is 1. The van der Waals surface area contributed by atoms with Crippen LogP contribution in [0.25, 0.3) is 0 Å². The topological polar surface area (TPSA) is 32.9 Å². The first kappa shape index (κ1) is 19.9. The zero-order chi connectivity index (χ0) is 19.1. The molecule has 5 heteroatoms. The van der Waals surface area contributed by atoms with Crippen LogP contribution < -0.4 is 10.2 Å². The number of hydrogen-bond donors (Lipinski definition) is 2. The number of hydrogen-bond acceptors (Lipinski definition) is 2. The van der Waals surface area contributed by atoms with Crippen LogP contribution in [0.3, 0.4) is 0 Å². The first-order valence-corrected chi connectivity index (χ1v) is 10.5. The molecule has 0 bridgehead atoms. The molecule has 0 spiro atoms. The molecular formula is C22H32N3OS+. The van der Waals surface area contributed by atoms with Crippen molar-refractivity contribution in [1.82, 2.24) is 4.90 Å². The molecule has 3 rings (SSSR count). The highest BCUT2D eigenvalue weighted by Gasteiger charge is 2.17. The maximum atomic E-state index is 5.79. The molecule has 146 valence electrons. The Bertz CT molecular complexity index is 703. The van der Waals surface area contributed by atoms with Gasteiger partial charge in [-0.25, -0.2) is 0 Å². The third-order valence-corrected chi connectivity index (χ3v) is 5.81. The van der Waals surface area contributed by atoms with E-state index in [0.29, 0.717) is 6.54 Å². The van der Waals surface area contributed by atoms with Crippen molar-refractivity contribution in [2.24, 2.45) is 0 Å². The van der Waals surface area contributed by atoms with Crippen LogP contribution in [0.4, 0.5) is 5.69 Å². The number of rotatable bonds is 7. The number of quaternary nitrogens is 1. The zero-order valence-corrected chi connectivity index (χ0v) is 17.4. The van der Waals surface area contributed by atoms with Crippen molar-refractivity contribution < 1.29 is 9.32 Å². The monoisotopic (exact) mass is 386 g/mol. The molecule has 0 atom stereocenters. The lowest BCUT2D eigenvalue weighted by molar-refractivity contribution is -0.905. The number of anilines is 1. The summed E-state index contributed by atoms with van der Waals surface area (Å²) in [6.07, 6.45) is 7.02. The van der Waals surface area contributed by atoms with Crippen molar-refractivity contribution >= 4 is 23.0 Å². The molecule has 1 aliphatic rings. The fraction of sp³-hybridized carbons (Fsp3) is 0.500. The van der Waals surface area contributed by atoms with Gasteiger partial charge >= 0.3 is 0 Å². The summed E-state index contributed by atoms with van der Waals surface area (Å²) in [6.45, 7) is 9.76. The molecular weight excluding hydrogens is 354 g/mol. The van der Waals surface area contributed by atoms with E-state index >= 15 is 0 Å². The Kier molecular flexibility index (Phi) is 7.30. The van der Waals surface area contributed by atoms with Gasteiger partial charge in [0.25, 0.3) is 0 Å². The average molecular weight is 387 g/mol. The smallest absolute Gasteiger partial charge is 0.173 e. The van der Waals surface area contributed by atoms with Crippen LogP contribution in [0.5, 0.6) is 0 Å². The van der Waals surface area contributed by atoms with Gasteiger partial charge in [0.05, 0.1) is 32.4 Å². The second kappa shape index (κ2) is 9.90. The maximum absolute atomic E-state index is 5.79. The minimum absolute atomic E-state index is 0.707. The van der Waals surface area contributed by atoms with E-state index in [1.165, 1.54) is 50.0 Å². The Balaban J connectivity index is 1.62. The summed E-state index contributed by atoms with van der Waals surface area (Å²) in [4.78, 5) is 3.98. The first-order chi connectivity index (χ1) is 13.1. The van der Waals surface area contributed by atoms with Crippen LogP contribution >= 0.6 is 12.2 Å². The number of benzene rings is 1. The molecule has 0 unspecified atom stereocenters. The molecule has 27 heavy (non-hydrogen) atoms. The summed E-state index contributed by atoms with van der Waals surface area (Å²) in [5.74, 6) is 0.950. The van der Waals surface area contributed by atoms with Crippen molar-refractivity contribution in [3.05, 3.63) is 53.5 Å². The van der Waals surface area contributed by atoms with Gasteiger partial charge in [-0.3, -0.25) is 0 Å². The molecule has 1 aliphatic heterocycles. The van der Waals surface area contributed by atoms with E-state index in [1.54, 1.807) is 11.2 Å². The minimum Gasteiger partial charge on any atom is -0.467 e. The van der Waals surface area contributed by atoms with Gasteiger partial charge in [0.15, 0.2) is 5.11 Å². The van der Waals surface area contributed by atoms with E-state index < -0.39 is 0 Å². The second-order valence-electron chi connectivity index (χ2n) is 7.61. The molecule has 0 radical (unpaired) electrons. The summed E-state index contributed by atoms with van der Waals surface area (Å²) >= 11 is 5.79. The van der Waals surface area contributed by atoms with Crippen LogP contribution in [0.15, 0.2) is 41.0 Å². The van der Waals surface area contributed by atoms with Gasteiger partial charge in [-0.05, 0) is 68.6 Å². The fourth-order valence-corrected chi connectivity index (χ4v) is 4.12. The van der Waals surface area contributed by atoms with Crippen molar-refractivity contribution in [3.63, 3.8) is 0 Å². The van der Waals surface area contributed by atoms with Crippen LogP contribution in [0.2, 0.25) is 0 Å². The van der Waals surface area contributed by atoms with Gasteiger partial charge in [-0.2, -0.15) is 0 Å². The molecule has 1 saturated heterocycles. The van der Waals surface area contributed by atoms with Gasteiger partial charge in [-0.15, -0.1) is 0 Å². The van der Waals surface area contributed by atoms with E-state index in [-0.39, 0.29) is 0 Å². The largest absolute Gasteiger partial charge is 0.467 e. The summed E-state index contributed by atoms with van der Waals surface area (Å²) in [5.41, 5.74) is 3.55. The number of nitrogens with one attached hydrogen (secondary N) is 2. The number of nitrogens with zero attached hydrogens (tertiary/aromatic N) is 1. The Morgan fingerprint density at radius 2 is 1.85 bits per heavy atom. The molecule has 0 aliphatic carbocycles. The molecule has 2 heterocycles. The van der Waals surface area contributed by atoms with Crippen LogP contribution in [-0.4, -0.2) is 36.2 Å². The highest BCUT2D eigenvalue weighted by Crippen LogP contribution is 2.20. The molecule has 1 aromatic carbocycles.